The Labute approximate surface area is 220 Å². The van der Waals surface area contributed by atoms with Gasteiger partial charge < -0.3 is 4.84 Å². The normalized spacial score (nSPS) is 13.4. The Kier molecular flexibility index (Phi) is 6.47. The van der Waals surface area contributed by atoms with Gasteiger partial charge in [0.1, 0.15) is 5.71 Å². The van der Waals surface area contributed by atoms with Crippen LogP contribution in [0.4, 0.5) is 5.69 Å². The summed E-state index contributed by atoms with van der Waals surface area (Å²) in [4.78, 5) is 28.2. The highest BCUT2D eigenvalue weighted by Gasteiger charge is 2.42. The molecule has 4 aromatic rings. The third kappa shape index (κ3) is 4.10. The van der Waals surface area contributed by atoms with Gasteiger partial charge in [-0.05, 0) is 58.0 Å². The highest BCUT2D eigenvalue weighted by molar-refractivity contribution is 6.19. The van der Waals surface area contributed by atoms with Gasteiger partial charge in [0.2, 0.25) is 0 Å². The molecule has 0 heterocycles. The van der Waals surface area contributed by atoms with Crippen molar-refractivity contribution in [3.05, 3.63) is 137 Å². The van der Waals surface area contributed by atoms with Crippen molar-refractivity contribution in [3.8, 4) is 11.1 Å². The minimum Gasteiger partial charge on any atom is -0.318 e. The molecule has 38 heavy (non-hydrogen) atoms. The van der Waals surface area contributed by atoms with Crippen molar-refractivity contribution in [1.29, 1.82) is 0 Å². The molecule has 6 heteroatoms. The van der Waals surface area contributed by atoms with Gasteiger partial charge in [-0.1, -0.05) is 71.9 Å². The topological polar surface area (TPSA) is 81.8 Å². The molecule has 0 unspecified atom stereocenters. The lowest BCUT2D eigenvalue weighted by molar-refractivity contribution is -0.384. The van der Waals surface area contributed by atoms with Gasteiger partial charge in [0.05, 0.1) is 4.92 Å². The molecule has 5 rings (SSSR count). The molecule has 0 aliphatic heterocycles. The number of allylic oxidation sites excluding steroid dienone is 2. The molecule has 6 nitrogen and oxygen atoms in total. The molecule has 0 N–H and O–H groups in total. The first-order chi connectivity index (χ1) is 18.4. The number of hydrogen-bond acceptors (Lipinski definition) is 5. The number of oxime groups is 1. The van der Waals surface area contributed by atoms with Crippen molar-refractivity contribution in [2.24, 2.45) is 5.16 Å². The summed E-state index contributed by atoms with van der Waals surface area (Å²) in [7, 11) is 0. The predicted octanol–water partition coefficient (Wildman–Crippen LogP) is 7.48. The molecular weight excluding hydrogens is 476 g/mol. The van der Waals surface area contributed by atoms with Crippen LogP contribution in [0.1, 0.15) is 42.0 Å². The molecule has 188 valence electrons. The van der Waals surface area contributed by atoms with Crippen molar-refractivity contribution in [2.75, 3.05) is 0 Å². The lowest BCUT2D eigenvalue weighted by Crippen LogP contribution is -2.24. The molecule has 0 saturated carbocycles. The van der Waals surface area contributed by atoms with E-state index in [1.807, 2.05) is 72.8 Å². The molecule has 0 bridgehead atoms. The third-order valence-electron chi connectivity index (χ3n) is 7.12. The largest absolute Gasteiger partial charge is 0.332 e. The lowest BCUT2D eigenvalue weighted by atomic mass is 9.72. The number of hydrogen-bond donors (Lipinski definition) is 0. The standard InChI is InChI=1S/C32H26N2O4/c1-4-17-32(18-5-2)29-19-23(13-15-26(29)27-16-14-24(34(36)37)20-30(27)32)31(33-38-21(3)35)28-12-8-10-22-9-6-7-11-25(22)28/h4-16,19-20H,1-2,17-18H2,3H3/b33-31+. The van der Waals surface area contributed by atoms with Crippen LogP contribution in [0.2, 0.25) is 0 Å². The van der Waals surface area contributed by atoms with E-state index >= 15 is 0 Å². The second-order valence-electron chi connectivity index (χ2n) is 9.36. The molecule has 0 saturated heterocycles. The minimum atomic E-state index is -0.582. The molecule has 0 spiro atoms. The number of fused-ring (bicyclic) bond motifs is 4. The fourth-order valence-electron chi connectivity index (χ4n) is 5.56. The molecular formula is C32H26N2O4. The van der Waals surface area contributed by atoms with Crippen molar-refractivity contribution in [3.63, 3.8) is 0 Å². The average molecular weight is 503 g/mol. The summed E-state index contributed by atoms with van der Waals surface area (Å²) in [5, 5.41) is 18.0. The Bertz CT molecular complexity index is 1640. The minimum absolute atomic E-state index is 0.0437. The summed E-state index contributed by atoms with van der Waals surface area (Å²) in [6.07, 6.45) is 4.81. The van der Waals surface area contributed by atoms with Crippen LogP contribution in [0.5, 0.6) is 0 Å². The Balaban J connectivity index is 1.77. The zero-order valence-corrected chi connectivity index (χ0v) is 21.0. The molecule has 1 aliphatic carbocycles. The number of carbonyl (C=O) groups excluding carboxylic acids is 1. The van der Waals surface area contributed by atoms with E-state index in [9.17, 15) is 14.9 Å². The Hall–Kier alpha value is -4.84. The van der Waals surface area contributed by atoms with E-state index in [1.54, 1.807) is 6.07 Å². The summed E-state index contributed by atoms with van der Waals surface area (Å²) in [6.45, 7) is 9.30. The van der Waals surface area contributed by atoms with Gasteiger partial charge in [-0.15, -0.1) is 13.2 Å². The van der Waals surface area contributed by atoms with Gasteiger partial charge in [-0.2, -0.15) is 0 Å². The van der Waals surface area contributed by atoms with Crippen LogP contribution in [0.15, 0.2) is 109 Å². The summed E-state index contributed by atoms with van der Waals surface area (Å²) in [5.74, 6) is -0.517. The van der Waals surface area contributed by atoms with Crippen molar-refractivity contribution in [2.45, 2.75) is 25.2 Å². The van der Waals surface area contributed by atoms with Crippen molar-refractivity contribution < 1.29 is 14.6 Å². The van der Waals surface area contributed by atoms with Gasteiger partial charge in [0, 0.05) is 35.6 Å². The first-order valence-corrected chi connectivity index (χ1v) is 12.3. The number of non-ortho nitro benzene ring substituents is 1. The second kappa shape index (κ2) is 9.90. The van der Waals surface area contributed by atoms with E-state index in [1.165, 1.54) is 13.0 Å². The van der Waals surface area contributed by atoms with E-state index in [0.29, 0.717) is 18.6 Å². The van der Waals surface area contributed by atoms with Crippen LogP contribution in [0.3, 0.4) is 0 Å². The van der Waals surface area contributed by atoms with E-state index in [-0.39, 0.29) is 10.6 Å². The second-order valence-corrected chi connectivity index (χ2v) is 9.36. The Morgan fingerprint density at radius 2 is 1.61 bits per heavy atom. The SMILES string of the molecule is C=CCC1(CC=C)c2cc(/C(=N\OC(C)=O)c3cccc4ccccc34)ccc2-c2ccc([N+](=O)[O-])cc21. The molecule has 0 aromatic heterocycles. The van der Waals surface area contributed by atoms with Crippen molar-refractivity contribution >= 4 is 28.1 Å². The maximum atomic E-state index is 11.8. The van der Waals surface area contributed by atoms with Crippen LogP contribution in [-0.2, 0) is 15.0 Å². The lowest BCUT2D eigenvalue weighted by Gasteiger charge is -2.30. The highest BCUT2D eigenvalue weighted by atomic mass is 16.7. The van der Waals surface area contributed by atoms with E-state index in [0.717, 1.165) is 44.2 Å². The number of benzene rings is 4. The highest BCUT2D eigenvalue weighted by Crippen LogP contribution is 2.54. The van der Waals surface area contributed by atoms with Gasteiger partial charge >= 0.3 is 5.97 Å². The molecule has 1 aliphatic rings. The third-order valence-corrected chi connectivity index (χ3v) is 7.12. The summed E-state index contributed by atoms with van der Waals surface area (Å²) in [5.41, 5.74) is 5.39. The van der Waals surface area contributed by atoms with Gasteiger partial charge in [0.25, 0.3) is 5.69 Å². The first kappa shape index (κ1) is 24.8. The fourth-order valence-corrected chi connectivity index (χ4v) is 5.56. The van der Waals surface area contributed by atoms with Crippen molar-refractivity contribution in [1.82, 2.24) is 0 Å². The molecule has 0 amide bonds. The maximum Gasteiger partial charge on any atom is 0.332 e. The summed E-state index contributed by atoms with van der Waals surface area (Å²) < 4.78 is 0. The predicted molar refractivity (Wildman–Crippen MR) is 150 cm³/mol. The Morgan fingerprint density at radius 3 is 2.29 bits per heavy atom. The van der Waals surface area contributed by atoms with E-state index in [4.69, 9.17) is 4.84 Å². The van der Waals surface area contributed by atoms with Crippen LogP contribution in [0.25, 0.3) is 21.9 Å². The van der Waals surface area contributed by atoms with Gasteiger partial charge in [0.15, 0.2) is 0 Å². The average Bonchev–Trinajstić information content (AvgIpc) is 3.17. The van der Waals surface area contributed by atoms with Gasteiger partial charge in [-0.25, -0.2) is 4.79 Å². The monoisotopic (exact) mass is 502 g/mol. The van der Waals surface area contributed by atoms with Crippen LogP contribution in [0, 0.1) is 10.1 Å². The number of rotatable bonds is 8. The zero-order valence-electron chi connectivity index (χ0n) is 21.0. The fraction of sp³-hybridized carbons (Fsp3) is 0.125. The number of nitrogens with zero attached hydrogens (tertiary/aromatic N) is 2. The smallest absolute Gasteiger partial charge is 0.318 e. The van der Waals surface area contributed by atoms with Crippen LogP contribution < -0.4 is 0 Å². The molecule has 0 atom stereocenters. The first-order valence-electron chi connectivity index (χ1n) is 12.3. The summed E-state index contributed by atoms with van der Waals surface area (Å²) in [6, 6.07) is 24.9. The summed E-state index contributed by atoms with van der Waals surface area (Å²) >= 11 is 0. The van der Waals surface area contributed by atoms with Crippen LogP contribution in [-0.4, -0.2) is 16.6 Å². The maximum absolute atomic E-state index is 11.8. The molecule has 4 aromatic carbocycles. The Morgan fingerprint density at radius 1 is 0.947 bits per heavy atom. The molecule has 0 radical (unpaired) electrons. The molecule has 0 fully saturated rings. The number of nitro groups is 1. The quantitative estimate of drug-likeness (QED) is 0.0822. The van der Waals surface area contributed by atoms with Crippen LogP contribution >= 0.6 is 0 Å². The van der Waals surface area contributed by atoms with E-state index in [2.05, 4.69) is 24.4 Å². The zero-order chi connectivity index (χ0) is 26.9. The van der Waals surface area contributed by atoms with E-state index < -0.39 is 11.4 Å². The number of nitro benzene ring substituents is 1. The number of carbonyl (C=O) groups is 1. The van der Waals surface area contributed by atoms with Gasteiger partial charge in [-0.3, -0.25) is 10.1 Å².